The Bertz CT molecular complexity index is 294. The lowest BCUT2D eigenvalue weighted by Crippen LogP contribution is -2.28. The van der Waals surface area contributed by atoms with Gasteiger partial charge in [-0.05, 0) is 50.4 Å². The Balaban J connectivity index is 2.39. The molecule has 0 aromatic heterocycles. The number of rotatable bonds is 8. The molecule has 0 aliphatic rings. The summed E-state index contributed by atoms with van der Waals surface area (Å²) in [6.45, 7) is 8.44. The van der Waals surface area contributed by atoms with Crippen LogP contribution in [0.1, 0.15) is 39.2 Å². The molecule has 1 rings (SSSR count). The molecule has 0 bridgehead atoms. The number of hydrogen-bond donors (Lipinski definition) is 1. The lowest BCUT2D eigenvalue weighted by molar-refractivity contribution is 0.317. The van der Waals surface area contributed by atoms with Crippen LogP contribution in [0.2, 0.25) is 0 Å². The van der Waals surface area contributed by atoms with Crippen LogP contribution < -0.4 is 10.1 Å². The summed E-state index contributed by atoms with van der Waals surface area (Å²) in [6, 6.07) is 9.00. The lowest BCUT2D eigenvalue weighted by Gasteiger charge is -2.13. The first-order valence-corrected chi connectivity index (χ1v) is 6.71. The molecule has 0 radical (unpaired) electrons. The lowest BCUT2D eigenvalue weighted by atomic mass is 10.1. The minimum Gasteiger partial charge on any atom is -0.494 e. The Morgan fingerprint density at radius 1 is 1.12 bits per heavy atom. The van der Waals surface area contributed by atoms with E-state index in [9.17, 15) is 0 Å². The predicted molar refractivity (Wildman–Crippen MR) is 73.7 cm³/mol. The van der Waals surface area contributed by atoms with E-state index in [1.807, 2.05) is 0 Å². The normalized spacial score (nSPS) is 12.4. The van der Waals surface area contributed by atoms with Crippen molar-refractivity contribution in [1.29, 1.82) is 0 Å². The molecule has 0 aliphatic carbocycles. The third kappa shape index (κ3) is 5.73. The van der Waals surface area contributed by atoms with E-state index in [4.69, 9.17) is 4.74 Å². The second-order valence-corrected chi connectivity index (χ2v) is 4.55. The molecule has 1 N–H and O–H groups in total. The van der Waals surface area contributed by atoms with Gasteiger partial charge in [0.2, 0.25) is 0 Å². The van der Waals surface area contributed by atoms with Crippen LogP contribution in [0, 0.1) is 0 Å². The van der Waals surface area contributed by atoms with Gasteiger partial charge in [0.05, 0.1) is 6.61 Å². The molecular weight excluding hydrogens is 210 g/mol. The fourth-order valence-corrected chi connectivity index (χ4v) is 1.76. The van der Waals surface area contributed by atoms with Crippen molar-refractivity contribution < 1.29 is 4.74 Å². The van der Waals surface area contributed by atoms with E-state index in [0.717, 1.165) is 31.7 Å². The average molecular weight is 235 g/mol. The summed E-state index contributed by atoms with van der Waals surface area (Å²) in [4.78, 5) is 0. The molecule has 17 heavy (non-hydrogen) atoms. The quantitative estimate of drug-likeness (QED) is 0.745. The van der Waals surface area contributed by atoms with Crippen molar-refractivity contribution in [2.75, 3.05) is 13.2 Å². The van der Waals surface area contributed by atoms with Crippen LogP contribution >= 0.6 is 0 Å². The van der Waals surface area contributed by atoms with E-state index < -0.39 is 0 Å². The van der Waals surface area contributed by atoms with E-state index in [1.165, 1.54) is 12.0 Å². The smallest absolute Gasteiger partial charge is 0.119 e. The van der Waals surface area contributed by atoms with Gasteiger partial charge in [0.1, 0.15) is 5.75 Å². The van der Waals surface area contributed by atoms with E-state index in [2.05, 4.69) is 50.4 Å². The summed E-state index contributed by atoms with van der Waals surface area (Å²) >= 11 is 0. The van der Waals surface area contributed by atoms with Crippen LogP contribution in [0.5, 0.6) is 5.75 Å². The zero-order valence-electron chi connectivity index (χ0n) is 11.3. The Morgan fingerprint density at radius 3 is 2.41 bits per heavy atom. The maximum absolute atomic E-state index is 5.56. The summed E-state index contributed by atoms with van der Waals surface area (Å²) < 4.78 is 5.56. The Hall–Kier alpha value is -1.02. The maximum atomic E-state index is 5.56. The molecular formula is C15H25NO. The third-order valence-electron chi connectivity index (χ3n) is 2.68. The molecule has 1 aromatic rings. The summed E-state index contributed by atoms with van der Waals surface area (Å²) in [5.74, 6) is 0.977. The fourth-order valence-electron chi connectivity index (χ4n) is 1.76. The highest BCUT2D eigenvalue weighted by atomic mass is 16.5. The van der Waals surface area contributed by atoms with Gasteiger partial charge in [-0.2, -0.15) is 0 Å². The Morgan fingerprint density at radius 2 is 1.82 bits per heavy atom. The molecule has 0 aliphatic heterocycles. The highest BCUT2D eigenvalue weighted by Gasteiger charge is 2.02. The molecule has 96 valence electrons. The maximum Gasteiger partial charge on any atom is 0.119 e. The van der Waals surface area contributed by atoms with Crippen LogP contribution in [0.4, 0.5) is 0 Å². The van der Waals surface area contributed by atoms with Crippen LogP contribution in [-0.4, -0.2) is 19.2 Å². The Kier molecular flexibility index (Phi) is 6.71. The van der Waals surface area contributed by atoms with Gasteiger partial charge in [0.25, 0.3) is 0 Å². The number of nitrogens with one attached hydrogen (secondary N) is 1. The number of benzene rings is 1. The number of hydrogen-bond acceptors (Lipinski definition) is 2. The Labute approximate surface area is 105 Å². The van der Waals surface area contributed by atoms with Gasteiger partial charge < -0.3 is 10.1 Å². The second kappa shape index (κ2) is 8.13. The second-order valence-electron chi connectivity index (χ2n) is 4.55. The van der Waals surface area contributed by atoms with Crippen molar-refractivity contribution in [3.63, 3.8) is 0 Å². The van der Waals surface area contributed by atoms with Crippen molar-refractivity contribution in [2.45, 2.75) is 46.1 Å². The molecule has 2 heteroatoms. The van der Waals surface area contributed by atoms with Crippen molar-refractivity contribution in [1.82, 2.24) is 5.32 Å². The molecule has 0 fully saturated rings. The van der Waals surface area contributed by atoms with Gasteiger partial charge in [0.15, 0.2) is 0 Å². The standard InChI is InChI=1S/C15H25NO/c1-4-10-16-13(3)12-14-6-8-15(9-7-14)17-11-5-2/h6-9,13,16H,4-5,10-12H2,1-3H3. The monoisotopic (exact) mass is 235 g/mol. The van der Waals surface area contributed by atoms with Crippen molar-refractivity contribution in [3.05, 3.63) is 29.8 Å². The van der Waals surface area contributed by atoms with Gasteiger partial charge in [-0.25, -0.2) is 0 Å². The molecule has 1 aromatic carbocycles. The zero-order chi connectivity index (χ0) is 12.5. The highest BCUT2D eigenvalue weighted by molar-refractivity contribution is 5.27. The number of ether oxygens (including phenoxy) is 1. The van der Waals surface area contributed by atoms with Gasteiger partial charge in [-0.3, -0.25) is 0 Å². The van der Waals surface area contributed by atoms with Gasteiger partial charge in [-0.15, -0.1) is 0 Å². The zero-order valence-corrected chi connectivity index (χ0v) is 11.3. The minimum atomic E-state index is 0.539. The van der Waals surface area contributed by atoms with Crippen molar-refractivity contribution in [3.8, 4) is 5.75 Å². The topological polar surface area (TPSA) is 21.3 Å². The molecule has 1 atom stereocenters. The first-order chi connectivity index (χ1) is 8.26. The fraction of sp³-hybridized carbons (Fsp3) is 0.600. The van der Waals surface area contributed by atoms with E-state index in [-0.39, 0.29) is 0 Å². The van der Waals surface area contributed by atoms with Gasteiger partial charge in [0, 0.05) is 6.04 Å². The molecule has 0 amide bonds. The van der Waals surface area contributed by atoms with Gasteiger partial charge >= 0.3 is 0 Å². The minimum absolute atomic E-state index is 0.539. The molecule has 0 heterocycles. The van der Waals surface area contributed by atoms with E-state index >= 15 is 0 Å². The molecule has 0 saturated carbocycles. The van der Waals surface area contributed by atoms with Crippen molar-refractivity contribution in [2.24, 2.45) is 0 Å². The van der Waals surface area contributed by atoms with Crippen LogP contribution in [0.25, 0.3) is 0 Å². The van der Waals surface area contributed by atoms with E-state index in [0.29, 0.717) is 6.04 Å². The van der Waals surface area contributed by atoms with Crippen LogP contribution in [0.3, 0.4) is 0 Å². The van der Waals surface area contributed by atoms with Crippen LogP contribution in [-0.2, 0) is 6.42 Å². The highest BCUT2D eigenvalue weighted by Crippen LogP contribution is 2.13. The first-order valence-electron chi connectivity index (χ1n) is 6.71. The molecule has 2 nitrogen and oxygen atoms in total. The van der Waals surface area contributed by atoms with Crippen molar-refractivity contribution >= 4 is 0 Å². The first kappa shape index (κ1) is 14.0. The molecule has 0 saturated heterocycles. The summed E-state index contributed by atoms with van der Waals surface area (Å²) in [5.41, 5.74) is 1.37. The summed E-state index contributed by atoms with van der Waals surface area (Å²) in [6.07, 6.45) is 3.32. The summed E-state index contributed by atoms with van der Waals surface area (Å²) in [7, 11) is 0. The summed E-state index contributed by atoms with van der Waals surface area (Å²) in [5, 5.41) is 3.50. The van der Waals surface area contributed by atoms with Gasteiger partial charge in [-0.1, -0.05) is 26.0 Å². The van der Waals surface area contributed by atoms with Crippen LogP contribution in [0.15, 0.2) is 24.3 Å². The molecule has 0 spiro atoms. The molecule has 1 unspecified atom stereocenters. The third-order valence-corrected chi connectivity index (χ3v) is 2.68. The average Bonchev–Trinajstić information content (AvgIpc) is 2.35. The largest absolute Gasteiger partial charge is 0.494 e. The van der Waals surface area contributed by atoms with E-state index in [1.54, 1.807) is 0 Å². The predicted octanol–water partition coefficient (Wildman–Crippen LogP) is 3.41. The SMILES string of the molecule is CCCNC(C)Cc1ccc(OCCC)cc1.